The van der Waals surface area contributed by atoms with E-state index in [4.69, 9.17) is 0 Å². The van der Waals surface area contributed by atoms with Crippen molar-refractivity contribution in [3.05, 3.63) is 29.3 Å². The van der Waals surface area contributed by atoms with Crippen LogP contribution < -0.4 is 4.90 Å². The number of hydrogen-bond donors (Lipinski definition) is 2. The van der Waals surface area contributed by atoms with Gasteiger partial charge in [-0.05, 0) is 13.0 Å². The summed E-state index contributed by atoms with van der Waals surface area (Å²) in [4.78, 5) is 2.08. The topological polar surface area (TPSA) is 43.7 Å². The molecule has 0 unspecified atom stereocenters. The number of aryl methyl sites for hydroxylation is 1. The molecule has 0 spiro atoms. The average Bonchev–Trinajstić information content (AvgIpc) is 2.13. The molecule has 3 heteroatoms. The molecule has 0 atom stereocenters. The molecule has 1 aromatic rings. The van der Waals surface area contributed by atoms with Crippen LogP contribution in [0.2, 0.25) is 0 Å². The van der Waals surface area contributed by atoms with Gasteiger partial charge in [-0.25, -0.2) is 0 Å². The molecule has 0 amide bonds. The molecule has 1 aliphatic rings. The summed E-state index contributed by atoms with van der Waals surface area (Å²) in [6, 6.07) is 6.02. The van der Waals surface area contributed by atoms with Gasteiger partial charge in [-0.15, -0.1) is 0 Å². The van der Waals surface area contributed by atoms with E-state index in [0.29, 0.717) is 13.1 Å². The molecule has 0 aliphatic carbocycles. The summed E-state index contributed by atoms with van der Waals surface area (Å²) in [6.07, 6.45) is -0.206. The van der Waals surface area contributed by atoms with Crippen molar-refractivity contribution >= 4 is 5.69 Å². The fraction of sp³-hybridized carbons (Fsp3) is 0.455. The summed E-state index contributed by atoms with van der Waals surface area (Å²) < 4.78 is 0. The van der Waals surface area contributed by atoms with Crippen molar-refractivity contribution in [1.82, 2.24) is 0 Å². The molecule has 1 fully saturated rings. The third kappa shape index (κ3) is 1.61. The molecule has 14 heavy (non-hydrogen) atoms. The Bertz CT molecular complexity index is 332. The van der Waals surface area contributed by atoms with E-state index in [-0.39, 0.29) is 12.7 Å². The van der Waals surface area contributed by atoms with Crippen LogP contribution in [0.3, 0.4) is 0 Å². The molecule has 0 radical (unpaired) electrons. The van der Waals surface area contributed by atoms with E-state index in [9.17, 15) is 10.2 Å². The van der Waals surface area contributed by atoms with Crippen molar-refractivity contribution in [3.8, 4) is 0 Å². The smallest absolute Gasteiger partial charge is 0.0889 e. The van der Waals surface area contributed by atoms with Crippen LogP contribution in [-0.2, 0) is 6.61 Å². The van der Waals surface area contributed by atoms with E-state index in [2.05, 4.69) is 4.90 Å². The lowest BCUT2D eigenvalue weighted by molar-refractivity contribution is 0.141. The molecule has 2 rings (SSSR count). The lowest BCUT2D eigenvalue weighted by Gasteiger charge is -2.39. The molecule has 0 bridgehead atoms. The standard InChI is InChI=1S/C11H15NO2/c1-8-2-3-11(9(4-8)7-13)12-5-10(14)6-12/h2-4,10,13-14H,5-7H2,1H3. The zero-order valence-corrected chi connectivity index (χ0v) is 8.27. The Labute approximate surface area is 83.6 Å². The molecule has 1 saturated heterocycles. The first-order chi connectivity index (χ1) is 6.70. The van der Waals surface area contributed by atoms with Gasteiger partial charge >= 0.3 is 0 Å². The van der Waals surface area contributed by atoms with Gasteiger partial charge < -0.3 is 15.1 Å². The van der Waals surface area contributed by atoms with E-state index in [1.54, 1.807) is 0 Å². The van der Waals surface area contributed by atoms with Crippen molar-refractivity contribution < 1.29 is 10.2 Å². The number of rotatable bonds is 2. The molecule has 1 aromatic carbocycles. The highest BCUT2D eigenvalue weighted by molar-refractivity contribution is 5.56. The third-order valence-corrected chi connectivity index (χ3v) is 2.61. The Kier molecular flexibility index (Phi) is 2.44. The predicted octanol–water partition coefficient (Wildman–Crippen LogP) is 0.668. The highest BCUT2D eigenvalue weighted by atomic mass is 16.3. The quantitative estimate of drug-likeness (QED) is 0.725. The second-order valence-corrected chi connectivity index (χ2v) is 3.85. The Morgan fingerprint density at radius 1 is 1.43 bits per heavy atom. The SMILES string of the molecule is Cc1ccc(N2CC(O)C2)c(CO)c1. The van der Waals surface area contributed by atoms with Gasteiger partial charge in [0.15, 0.2) is 0 Å². The maximum atomic E-state index is 9.19. The van der Waals surface area contributed by atoms with E-state index in [1.807, 2.05) is 25.1 Å². The van der Waals surface area contributed by atoms with Gasteiger partial charge in [0.25, 0.3) is 0 Å². The molecule has 0 aromatic heterocycles. The summed E-state index contributed by atoms with van der Waals surface area (Å²) in [5.74, 6) is 0. The Morgan fingerprint density at radius 2 is 2.14 bits per heavy atom. The number of nitrogens with zero attached hydrogens (tertiary/aromatic N) is 1. The van der Waals surface area contributed by atoms with E-state index < -0.39 is 0 Å². The lowest BCUT2D eigenvalue weighted by atomic mass is 10.0. The third-order valence-electron chi connectivity index (χ3n) is 2.61. The van der Waals surface area contributed by atoms with Gasteiger partial charge in [0, 0.05) is 24.3 Å². The fourth-order valence-electron chi connectivity index (χ4n) is 1.80. The maximum Gasteiger partial charge on any atom is 0.0889 e. The Balaban J connectivity index is 2.24. The summed E-state index contributed by atoms with van der Waals surface area (Å²) in [7, 11) is 0. The van der Waals surface area contributed by atoms with Crippen LogP contribution in [-0.4, -0.2) is 29.4 Å². The van der Waals surface area contributed by atoms with Crippen molar-refractivity contribution in [2.75, 3.05) is 18.0 Å². The van der Waals surface area contributed by atoms with Crippen molar-refractivity contribution in [1.29, 1.82) is 0 Å². The van der Waals surface area contributed by atoms with E-state index in [1.165, 1.54) is 0 Å². The maximum absolute atomic E-state index is 9.19. The molecule has 76 valence electrons. The Hall–Kier alpha value is -1.06. The fourth-order valence-corrected chi connectivity index (χ4v) is 1.80. The molecule has 1 aliphatic heterocycles. The first-order valence-electron chi connectivity index (χ1n) is 4.84. The van der Waals surface area contributed by atoms with Crippen LogP contribution in [0.25, 0.3) is 0 Å². The van der Waals surface area contributed by atoms with Gasteiger partial charge in [0.2, 0.25) is 0 Å². The van der Waals surface area contributed by atoms with Crippen LogP contribution >= 0.6 is 0 Å². The molecule has 1 heterocycles. The summed E-state index contributed by atoms with van der Waals surface area (Å²) >= 11 is 0. The lowest BCUT2D eigenvalue weighted by Crippen LogP contribution is -2.51. The van der Waals surface area contributed by atoms with Crippen molar-refractivity contribution in [2.24, 2.45) is 0 Å². The number of benzene rings is 1. The highest BCUT2D eigenvalue weighted by Crippen LogP contribution is 2.26. The minimum atomic E-state index is -0.206. The normalized spacial score (nSPS) is 16.9. The summed E-state index contributed by atoms with van der Waals surface area (Å²) in [5.41, 5.74) is 3.14. The van der Waals surface area contributed by atoms with Gasteiger partial charge in [-0.3, -0.25) is 0 Å². The minimum Gasteiger partial charge on any atom is -0.392 e. The Morgan fingerprint density at radius 3 is 2.71 bits per heavy atom. The molecular weight excluding hydrogens is 178 g/mol. The second kappa shape index (κ2) is 3.59. The average molecular weight is 193 g/mol. The molecule has 3 nitrogen and oxygen atoms in total. The summed E-state index contributed by atoms with van der Waals surface area (Å²) in [5, 5.41) is 18.4. The zero-order chi connectivity index (χ0) is 10.1. The summed E-state index contributed by atoms with van der Waals surface area (Å²) in [6.45, 7) is 3.42. The van der Waals surface area contributed by atoms with Crippen LogP contribution in [0.5, 0.6) is 0 Å². The minimum absolute atomic E-state index is 0.0591. The second-order valence-electron chi connectivity index (χ2n) is 3.85. The molecule has 2 N–H and O–H groups in total. The van der Waals surface area contributed by atoms with Gasteiger partial charge in [0.05, 0.1) is 12.7 Å². The number of anilines is 1. The monoisotopic (exact) mass is 193 g/mol. The number of hydrogen-bond acceptors (Lipinski definition) is 3. The largest absolute Gasteiger partial charge is 0.392 e. The first-order valence-corrected chi connectivity index (χ1v) is 4.84. The molecular formula is C11H15NO2. The van der Waals surface area contributed by atoms with Gasteiger partial charge in [0.1, 0.15) is 0 Å². The zero-order valence-electron chi connectivity index (χ0n) is 8.27. The van der Waals surface area contributed by atoms with Crippen LogP contribution in [0.4, 0.5) is 5.69 Å². The van der Waals surface area contributed by atoms with Crippen LogP contribution in [0.1, 0.15) is 11.1 Å². The van der Waals surface area contributed by atoms with Gasteiger partial charge in [-0.1, -0.05) is 17.7 Å². The highest BCUT2D eigenvalue weighted by Gasteiger charge is 2.25. The van der Waals surface area contributed by atoms with E-state index in [0.717, 1.165) is 16.8 Å². The number of aliphatic hydroxyl groups is 2. The van der Waals surface area contributed by atoms with Crippen LogP contribution in [0.15, 0.2) is 18.2 Å². The number of aliphatic hydroxyl groups excluding tert-OH is 2. The van der Waals surface area contributed by atoms with Gasteiger partial charge in [-0.2, -0.15) is 0 Å². The number of β-amino-alcohol motifs (C(OH)–C–C–N with tert-alkyl or cyclic N) is 1. The van der Waals surface area contributed by atoms with Crippen molar-refractivity contribution in [2.45, 2.75) is 19.6 Å². The predicted molar refractivity (Wildman–Crippen MR) is 55.3 cm³/mol. The first kappa shape index (κ1) is 9.49. The molecule has 0 saturated carbocycles. The van der Waals surface area contributed by atoms with Crippen LogP contribution in [0, 0.1) is 6.92 Å². The van der Waals surface area contributed by atoms with E-state index >= 15 is 0 Å². The van der Waals surface area contributed by atoms with Crippen molar-refractivity contribution in [3.63, 3.8) is 0 Å².